The lowest BCUT2D eigenvalue weighted by molar-refractivity contribution is -0.177. The molecular formula is C22H25NO9. The van der Waals surface area contributed by atoms with Crippen LogP contribution < -0.4 is 9.47 Å². The molecule has 4 aliphatic rings. The first-order chi connectivity index (χ1) is 15.2. The van der Waals surface area contributed by atoms with Gasteiger partial charge in [0.1, 0.15) is 5.76 Å². The van der Waals surface area contributed by atoms with Gasteiger partial charge in [0.15, 0.2) is 29.8 Å². The van der Waals surface area contributed by atoms with Crippen LogP contribution >= 0.6 is 0 Å². The van der Waals surface area contributed by atoms with E-state index in [9.17, 15) is 24.9 Å². The van der Waals surface area contributed by atoms with Gasteiger partial charge in [-0.2, -0.15) is 0 Å². The number of carboxylic acid groups (broad SMARTS) is 1. The van der Waals surface area contributed by atoms with Crippen molar-refractivity contribution in [2.75, 3.05) is 20.7 Å². The lowest BCUT2D eigenvalue weighted by atomic mass is 9.50. The average molecular weight is 447 g/mol. The minimum atomic E-state index is -2.32. The predicted octanol–water partition coefficient (Wildman–Crippen LogP) is -0.677. The summed E-state index contributed by atoms with van der Waals surface area (Å²) in [7, 11) is 3.49. The van der Waals surface area contributed by atoms with E-state index in [-0.39, 0.29) is 18.2 Å². The molecule has 1 aromatic carbocycles. The van der Waals surface area contributed by atoms with E-state index in [0.717, 1.165) is 11.1 Å². The number of carbonyl (C=O) groups is 2. The molecule has 0 saturated carbocycles. The van der Waals surface area contributed by atoms with Gasteiger partial charge in [0.05, 0.1) is 18.1 Å². The Labute approximate surface area is 183 Å². The summed E-state index contributed by atoms with van der Waals surface area (Å²) in [4.78, 5) is 25.5. The van der Waals surface area contributed by atoms with Gasteiger partial charge in [-0.25, -0.2) is 9.59 Å². The van der Waals surface area contributed by atoms with E-state index in [0.29, 0.717) is 30.9 Å². The number of carbonyl (C=O) groups excluding carboxylic acids is 1. The summed E-state index contributed by atoms with van der Waals surface area (Å²) in [5, 5.41) is 40.4. The number of rotatable bonds is 5. The number of nitrogens with zero attached hydrogens (tertiary/aromatic N) is 1. The van der Waals surface area contributed by atoms with Gasteiger partial charge >= 0.3 is 11.9 Å². The number of piperidine rings is 1. The number of aliphatic carboxylic acids is 1. The Morgan fingerprint density at radius 3 is 2.72 bits per heavy atom. The molecule has 1 fully saturated rings. The van der Waals surface area contributed by atoms with Crippen LogP contribution in [0.3, 0.4) is 0 Å². The summed E-state index contributed by atoms with van der Waals surface area (Å²) >= 11 is 0. The van der Waals surface area contributed by atoms with E-state index in [1.807, 2.05) is 19.2 Å². The van der Waals surface area contributed by atoms with Crippen LogP contribution in [0.5, 0.6) is 11.5 Å². The highest BCUT2D eigenvalue weighted by molar-refractivity contribution is 5.85. The van der Waals surface area contributed by atoms with Crippen molar-refractivity contribution in [1.29, 1.82) is 0 Å². The van der Waals surface area contributed by atoms with Crippen LogP contribution in [0.15, 0.2) is 24.0 Å². The summed E-state index contributed by atoms with van der Waals surface area (Å²) < 4.78 is 17.2. The predicted molar refractivity (Wildman–Crippen MR) is 107 cm³/mol. The topological polar surface area (TPSA) is 146 Å². The second-order valence-corrected chi connectivity index (χ2v) is 8.93. The largest absolute Gasteiger partial charge is 0.493 e. The number of aliphatic hydroxyl groups excluding tert-OH is 2. The minimum Gasteiger partial charge on any atom is -0.493 e. The molecular weight excluding hydrogens is 422 g/mol. The Balaban J connectivity index is 1.60. The van der Waals surface area contributed by atoms with Gasteiger partial charge in [0, 0.05) is 18.0 Å². The quantitative estimate of drug-likeness (QED) is 0.428. The van der Waals surface area contributed by atoms with Crippen molar-refractivity contribution in [3.05, 3.63) is 35.1 Å². The summed E-state index contributed by atoms with van der Waals surface area (Å²) in [6.07, 6.45) is -2.57. The zero-order valence-electron chi connectivity index (χ0n) is 17.6. The normalized spacial score (nSPS) is 34.0. The molecule has 0 amide bonds. The van der Waals surface area contributed by atoms with Crippen molar-refractivity contribution in [1.82, 2.24) is 4.90 Å². The van der Waals surface area contributed by atoms with Crippen LogP contribution in [-0.4, -0.2) is 87.9 Å². The number of hydrogen-bond acceptors (Lipinski definition) is 9. The zero-order valence-corrected chi connectivity index (χ0v) is 17.6. The first kappa shape index (κ1) is 21.2. The van der Waals surface area contributed by atoms with Crippen LogP contribution in [0.1, 0.15) is 24.0 Å². The molecule has 5 rings (SSSR count). The van der Waals surface area contributed by atoms with Crippen molar-refractivity contribution in [3.63, 3.8) is 0 Å². The number of aliphatic hydroxyl groups is 3. The Morgan fingerprint density at radius 2 is 2.03 bits per heavy atom. The molecule has 0 radical (unpaired) electrons. The maximum Gasteiger partial charge on any atom is 0.343 e. The van der Waals surface area contributed by atoms with E-state index in [2.05, 4.69) is 4.90 Å². The number of benzene rings is 1. The number of methoxy groups -OCH3 is 1. The second-order valence-electron chi connectivity index (χ2n) is 8.93. The highest BCUT2D eigenvalue weighted by Gasteiger charge is 2.72. The molecule has 2 heterocycles. The lowest BCUT2D eigenvalue weighted by Gasteiger charge is -2.61. The molecule has 172 valence electrons. The average Bonchev–Trinajstić information content (AvgIpc) is 3.12. The third-order valence-electron chi connectivity index (χ3n) is 7.57. The Hall–Kier alpha value is -2.66. The fourth-order valence-corrected chi connectivity index (χ4v) is 6.03. The summed E-state index contributed by atoms with van der Waals surface area (Å²) in [6.45, 7) is 0.685. The molecule has 2 bridgehead atoms. The van der Waals surface area contributed by atoms with E-state index < -0.39 is 41.3 Å². The Kier molecular flexibility index (Phi) is 4.58. The molecule has 1 saturated heterocycles. The summed E-state index contributed by atoms with van der Waals surface area (Å²) in [5.74, 6) is -1.99. The van der Waals surface area contributed by atoms with Crippen LogP contribution in [0.2, 0.25) is 0 Å². The zero-order chi connectivity index (χ0) is 23.0. The number of likely N-dealkylation sites (N-methyl/N-ethyl adjacent to an activating group) is 1. The van der Waals surface area contributed by atoms with Crippen LogP contribution in [0, 0.1) is 0 Å². The van der Waals surface area contributed by atoms with Crippen molar-refractivity contribution in [3.8, 4) is 11.5 Å². The van der Waals surface area contributed by atoms with Gasteiger partial charge in [-0.05, 0) is 44.1 Å². The maximum atomic E-state index is 12.4. The molecule has 10 nitrogen and oxygen atoms in total. The molecule has 0 aromatic heterocycles. The molecule has 10 heteroatoms. The van der Waals surface area contributed by atoms with Crippen molar-refractivity contribution in [2.24, 2.45) is 0 Å². The molecule has 1 spiro atoms. The van der Waals surface area contributed by atoms with Crippen molar-refractivity contribution < 1.29 is 44.2 Å². The molecule has 0 unspecified atom stereocenters. The lowest BCUT2D eigenvalue weighted by Crippen LogP contribution is -2.74. The fourth-order valence-electron chi connectivity index (χ4n) is 6.03. The SMILES string of the molecule is COc1ccc2c3c1O[C@@H]1C(OC(=O)[C@H](O)[C@@H](O)C(=O)O)=CC[C@]4(O)[C@H](C2)N(C)CC[C@@]314. The first-order valence-corrected chi connectivity index (χ1v) is 10.5. The van der Waals surface area contributed by atoms with Gasteiger partial charge < -0.3 is 39.5 Å². The van der Waals surface area contributed by atoms with E-state index in [1.54, 1.807) is 6.08 Å². The molecule has 1 aromatic rings. The van der Waals surface area contributed by atoms with Gasteiger partial charge in [-0.1, -0.05) is 6.07 Å². The number of ether oxygens (including phenoxy) is 3. The molecule has 2 aliphatic heterocycles. The maximum absolute atomic E-state index is 12.4. The Bertz CT molecular complexity index is 1040. The molecule has 2 aliphatic carbocycles. The first-order valence-electron chi connectivity index (χ1n) is 10.5. The standard InChI is InChI=1S/C22H25NO9/c1-23-8-7-21-14-10-3-4-11(30-2)17(14)32-18(21)12(5-6-22(21,29)13(23)9-10)31-20(28)16(25)15(24)19(26)27/h3-5,13,15-16,18,24-25,29H,6-9H2,1-2H3,(H,26,27)/t13-,15+,16+,18+,21+,22-/m0/s1. The molecule has 4 N–H and O–H groups in total. The number of likely N-dealkylation sites (tertiary alicyclic amines) is 1. The minimum absolute atomic E-state index is 0.0747. The summed E-state index contributed by atoms with van der Waals surface area (Å²) in [6, 6.07) is 3.60. The van der Waals surface area contributed by atoms with E-state index >= 15 is 0 Å². The van der Waals surface area contributed by atoms with E-state index in [1.165, 1.54) is 7.11 Å². The number of carboxylic acids is 1. The number of hydrogen-bond donors (Lipinski definition) is 4. The fraction of sp³-hybridized carbons (Fsp3) is 0.545. The Morgan fingerprint density at radius 1 is 1.28 bits per heavy atom. The summed E-state index contributed by atoms with van der Waals surface area (Å²) in [5.41, 5.74) is -0.216. The van der Waals surface area contributed by atoms with Crippen LogP contribution in [-0.2, 0) is 26.2 Å². The highest BCUT2D eigenvalue weighted by atomic mass is 16.6. The number of esters is 1. The van der Waals surface area contributed by atoms with Crippen molar-refractivity contribution >= 4 is 11.9 Å². The monoisotopic (exact) mass is 447 g/mol. The highest BCUT2D eigenvalue weighted by Crippen LogP contribution is 2.65. The molecule has 6 atom stereocenters. The van der Waals surface area contributed by atoms with Crippen LogP contribution in [0.4, 0.5) is 0 Å². The van der Waals surface area contributed by atoms with Gasteiger partial charge in [0.25, 0.3) is 0 Å². The van der Waals surface area contributed by atoms with Gasteiger partial charge in [-0.15, -0.1) is 0 Å². The third-order valence-corrected chi connectivity index (χ3v) is 7.57. The molecule has 32 heavy (non-hydrogen) atoms. The van der Waals surface area contributed by atoms with Crippen molar-refractivity contribution in [2.45, 2.75) is 54.6 Å². The third kappa shape index (κ3) is 2.49. The second kappa shape index (κ2) is 6.92. The smallest absolute Gasteiger partial charge is 0.343 e. The van der Waals surface area contributed by atoms with Gasteiger partial charge in [-0.3, -0.25) is 0 Å². The van der Waals surface area contributed by atoms with Gasteiger partial charge in [0.2, 0.25) is 0 Å². The van der Waals surface area contributed by atoms with E-state index in [4.69, 9.17) is 19.3 Å². The van der Waals surface area contributed by atoms with Crippen LogP contribution in [0.25, 0.3) is 0 Å².